The van der Waals surface area contributed by atoms with Gasteiger partial charge >= 0.3 is 0 Å². The Morgan fingerprint density at radius 2 is 2.21 bits per heavy atom. The summed E-state index contributed by atoms with van der Waals surface area (Å²) in [5.41, 5.74) is 2.33. The number of aromatic nitrogens is 1. The molecule has 0 fully saturated rings. The average Bonchev–Trinajstić information content (AvgIpc) is 2.20. The third-order valence-electron chi connectivity index (χ3n) is 2.17. The fraction of sp³-hybridized carbons (Fsp3) is 0.545. The number of nitrogens with one attached hydrogen (secondary N) is 1. The summed E-state index contributed by atoms with van der Waals surface area (Å²) in [6.45, 7) is 3.31. The first-order chi connectivity index (χ1) is 6.84. The molecule has 2 N–H and O–H groups in total. The Balaban J connectivity index is 2.21. The Morgan fingerprint density at radius 1 is 1.36 bits per heavy atom. The largest absolute Gasteiger partial charge is 0.396 e. The summed E-state index contributed by atoms with van der Waals surface area (Å²) in [4.78, 5) is 4.03. The molecule has 78 valence electrons. The molecular formula is C11H18N2O. The summed E-state index contributed by atoms with van der Waals surface area (Å²) in [5.74, 6) is 0. The molecule has 0 aliphatic carbocycles. The van der Waals surface area contributed by atoms with Crippen LogP contribution in [0.4, 0.5) is 5.69 Å². The van der Waals surface area contributed by atoms with Crippen LogP contribution in [0.25, 0.3) is 0 Å². The minimum atomic E-state index is 0.300. The summed E-state index contributed by atoms with van der Waals surface area (Å²) in [6.07, 6.45) is 6.73. The van der Waals surface area contributed by atoms with E-state index in [1.807, 2.05) is 19.2 Å². The topological polar surface area (TPSA) is 45.2 Å². The summed E-state index contributed by atoms with van der Waals surface area (Å²) >= 11 is 0. The van der Waals surface area contributed by atoms with Crippen molar-refractivity contribution in [1.82, 2.24) is 4.98 Å². The van der Waals surface area contributed by atoms with E-state index >= 15 is 0 Å². The lowest BCUT2D eigenvalue weighted by atomic mass is 10.2. The zero-order chi connectivity index (χ0) is 10.2. The number of nitrogens with zero attached hydrogens (tertiary/aromatic N) is 1. The number of hydrogen-bond donors (Lipinski definition) is 2. The van der Waals surface area contributed by atoms with Gasteiger partial charge < -0.3 is 10.4 Å². The van der Waals surface area contributed by atoms with Gasteiger partial charge in [0.25, 0.3) is 0 Å². The van der Waals surface area contributed by atoms with Crippen LogP contribution in [0.15, 0.2) is 18.5 Å². The molecule has 0 aromatic carbocycles. The van der Waals surface area contributed by atoms with Crippen molar-refractivity contribution in [2.45, 2.75) is 26.2 Å². The molecule has 0 bridgehead atoms. The number of anilines is 1. The van der Waals surface area contributed by atoms with Crippen LogP contribution in [-0.2, 0) is 0 Å². The van der Waals surface area contributed by atoms with E-state index < -0.39 is 0 Å². The molecule has 0 unspecified atom stereocenters. The van der Waals surface area contributed by atoms with Gasteiger partial charge in [0.05, 0.1) is 0 Å². The van der Waals surface area contributed by atoms with Gasteiger partial charge in [-0.2, -0.15) is 0 Å². The van der Waals surface area contributed by atoms with Crippen molar-refractivity contribution in [3.8, 4) is 0 Å². The number of pyridine rings is 1. The van der Waals surface area contributed by atoms with Crippen LogP contribution >= 0.6 is 0 Å². The maximum Gasteiger partial charge on any atom is 0.0431 e. The van der Waals surface area contributed by atoms with Gasteiger partial charge in [0, 0.05) is 31.2 Å². The lowest BCUT2D eigenvalue weighted by Gasteiger charge is -2.07. The van der Waals surface area contributed by atoms with Gasteiger partial charge in [-0.15, -0.1) is 0 Å². The van der Waals surface area contributed by atoms with E-state index in [1.54, 1.807) is 6.20 Å². The van der Waals surface area contributed by atoms with E-state index in [0.29, 0.717) is 6.61 Å². The molecule has 0 saturated carbocycles. The van der Waals surface area contributed by atoms with Crippen molar-refractivity contribution in [1.29, 1.82) is 0 Å². The SMILES string of the molecule is Cc1cnccc1NCCCCCO. The monoisotopic (exact) mass is 194 g/mol. The minimum Gasteiger partial charge on any atom is -0.396 e. The fourth-order valence-electron chi connectivity index (χ4n) is 1.31. The van der Waals surface area contributed by atoms with Gasteiger partial charge in [-0.3, -0.25) is 4.98 Å². The maximum atomic E-state index is 8.60. The molecule has 0 radical (unpaired) electrons. The van der Waals surface area contributed by atoms with Crippen molar-refractivity contribution in [3.05, 3.63) is 24.0 Å². The molecule has 1 aromatic heterocycles. The molecule has 1 rings (SSSR count). The van der Waals surface area contributed by atoms with E-state index in [2.05, 4.69) is 10.3 Å². The lowest BCUT2D eigenvalue weighted by molar-refractivity contribution is 0.283. The highest BCUT2D eigenvalue weighted by atomic mass is 16.2. The Hall–Kier alpha value is -1.09. The Labute approximate surface area is 85.2 Å². The maximum absolute atomic E-state index is 8.60. The summed E-state index contributed by atoms with van der Waals surface area (Å²) in [7, 11) is 0. The molecule has 3 nitrogen and oxygen atoms in total. The Kier molecular flexibility index (Phi) is 5.00. The number of aliphatic hydroxyl groups excluding tert-OH is 1. The van der Waals surface area contributed by atoms with Gasteiger partial charge in [-0.1, -0.05) is 0 Å². The second kappa shape index (κ2) is 6.38. The van der Waals surface area contributed by atoms with Crippen molar-refractivity contribution >= 4 is 5.69 Å². The van der Waals surface area contributed by atoms with E-state index in [9.17, 15) is 0 Å². The predicted octanol–water partition coefficient (Wildman–Crippen LogP) is 1.96. The zero-order valence-electron chi connectivity index (χ0n) is 8.66. The third kappa shape index (κ3) is 3.75. The minimum absolute atomic E-state index is 0.300. The van der Waals surface area contributed by atoms with Gasteiger partial charge in [-0.05, 0) is 37.8 Å². The summed E-state index contributed by atoms with van der Waals surface area (Å²) in [5, 5.41) is 11.9. The number of aryl methyl sites for hydroxylation is 1. The first kappa shape index (κ1) is 11.0. The van der Waals surface area contributed by atoms with Crippen LogP contribution in [0.5, 0.6) is 0 Å². The number of rotatable bonds is 6. The van der Waals surface area contributed by atoms with E-state index in [0.717, 1.165) is 31.5 Å². The lowest BCUT2D eigenvalue weighted by Crippen LogP contribution is -2.03. The Morgan fingerprint density at radius 3 is 2.93 bits per heavy atom. The van der Waals surface area contributed by atoms with Crippen molar-refractivity contribution in [2.24, 2.45) is 0 Å². The van der Waals surface area contributed by atoms with Crippen LogP contribution in [0.2, 0.25) is 0 Å². The number of hydrogen-bond acceptors (Lipinski definition) is 3. The zero-order valence-corrected chi connectivity index (χ0v) is 8.66. The molecule has 0 aliphatic heterocycles. The highest BCUT2D eigenvalue weighted by Gasteiger charge is 1.95. The predicted molar refractivity (Wildman–Crippen MR) is 58.4 cm³/mol. The fourth-order valence-corrected chi connectivity index (χ4v) is 1.31. The molecule has 0 atom stereocenters. The van der Waals surface area contributed by atoms with Crippen molar-refractivity contribution < 1.29 is 5.11 Å². The van der Waals surface area contributed by atoms with Crippen LogP contribution in [0, 0.1) is 6.92 Å². The van der Waals surface area contributed by atoms with E-state index in [-0.39, 0.29) is 0 Å². The third-order valence-corrected chi connectivity index (χ3v) is 2.17. The molecule has 14 heavy (non-hydrogen) atoms. The highest BCUT2D eigenvalue weighted by molar-refractivity contribution is 5.48. The molecule has 3 heteroatoms. The standard InChI is InChI=1S/C11H18N2O/c1-10-9-12-7-5-11(10)13-6-3-2-4-8-14/h5,7,9,14H,2-4,6,8H2,1H3,(H,12,13). The van der Waals surface area contributed by atoms with Gasteiger partial charge in [0.2, 0.25) is 0 Å². The van der Waals surface area contributed by atoms with Crippen LogP contribution < -0.4 is 5.32 Å². The normalized spacial score (nSPS) is 10.1. The van der Waals surface area contributed by atoms with Crippen LogP contribution in [0.1, 0.15) is 24.8 Å². The quantitative estimate of drug-likeness (QED) is 0.680. The van der Waals surface area contributed by atoms with Crippen LogP contribution in [-0.4, -0.2) is 23.2 Å². The molecule has 0 aliphatic rings. The second-order valence-corrected chi connectivity index (χ2v) is 3.40. The smallest absolute Gasteiger partial charge is 0.0431 e. The number of unbranched alkanes of at least 4 members (excludes halogenated alkanes) is 2. The first-order valence-electron chi connectivity index (χ1n) is 5.10. The van der Waals surface area contributed by atoms with Gasteiger partial charge in [-0.25, -0.2) is 0 Å². The molecule has 0 spiro atoms. The molecule has 1 heterocycles. The molecule has 0 saturated heterocycles. The molecule has 0 amide bonds. The Bertz CT molecular complexity index is 263. The summed E-state index contributed by atoms with van der Waals surface area (Å²) < 4.78 is 0. The summed E-state index contributed by atoms with van der Waals surface area (Å²) in [6, 6.07) is 1.99. The van der Waals surface area contributed by atoms with Crippen molar-refractivity contribution in [2.75, 3.05) is 18.5 Å². The van der Waals surface area contributed by atoms with Gasteiger partial charge in [0.15, 0.2) is 0 Å². The molecule has 1 aromatic rings. The highest BCUT2D eigenvalue weighted by Crippen LogP contribution is 2.11. The van der Waals surface area contributed by atoms with Gasteiger partial charge in [0.1, 0.15) is 0 Å². The second-order valence-electron chi connectivity index (χ2n) is 3.40. The molecular weight excluding hydrogens is 176 g/mol. The van der Waals surface area contributed by atoms with E-state index in [1.165, 1.54) is 5.56 Å². The first-order valence-corrected chi connectivity index (χ1v) is 5.10. The van der Waals surface area contributed by atoms with Crippen molar-refractivity contribution in [3.63, 3.8) is 0 Å². The average molecular weight is 194 g/mol. The van der Waals surface area contributed by atoms with E-state index in [4.69, 9.17) is 5.11 Å². The van der Waals surface area contributed by atoms with Crippen LogP contribution in [0.3, 0.4) is 0 Å². The number of aliphatic hydroxyl groups is 1.